The molecule has 0 fully saturated rings. The van der Waals surface area contributed by atoms with Crippen LogP contribution in [0.25, 0.3) is 102 Å². The van der Waals surface area contributed by atoms with E-state index in [1.807, 2.05) is 48.5 Å². The Balaban J connectivity index is 1.09. The molecule has 8 bridgehead atoms. The maximum Gasteiger partial charge on any atom is 0.0887 e. The van der Waals surface area contributed by atoms with Crippen molar-refractivity contribution in [1.82, 2.24) is 29.9 Å². The second kappa shape index (κ2) is 20.9. The molecule has 6 nitrogen and oxygen atoms in total. The Kier molecular flexibility index (Phi) is 13.4. The number of aryl methyl sites for hydroxylation is 6. The highest BCUT2D eigenvalue weighted by molar-refractivity contribution is 9.11. The van der Waals surface area contributed by atoms with Gasteiger partial charge in [0.25, 0.3) is 0 Å². The van der Waals surface area contributed by atoms with E-state index in [0.717, 1.165) is 132 Å². The maximum atomic E-state index is 5.62. The first-order valence-corrected chi connectivity index (χ1v) is 27.4. The largest absolute Gasteiger partial charge is 0.354 e. The molecule has 0 atom stereocenters. The van der Waals surface area contributed by atoms with Crippen molar-refractivity contribution in [3.63, 3.8) is 0 Å². The van der Waals surface area contributed by atoms with E-state index in [2.05, 4.69) is 238 Å². The molecule has 0 unspecified atom stereocenters. The average Bonchev–Trinajstić information content (AvgIpc) is 4.41. The predicted molar refractivity (Wildman–Crippen MR) is 330 cm³/mol. The van der Waals surface area contributed by atoms with Crippen LogP contribution in [0, 0.1) is 65.2 Å². The summed E-state index contributed by atoms with van der Waals surface area (Å²) in [5, 5.41) is 0. The van der Waals surface area contributed by atoms with Crippen molar-refractivity contribution in [3.8, 4) is 79.6 Å². The van der Waals surface area contributed by atoms with Crippen LogP contribution >= 0.6 is 31.9 Å². The molecule has 0 spiro atoms. The summed E-state index contributed by atoms with van der Waals surface area (Å²) in [5.41, 5.74) is 27.8. The zero-order valence-electron chi connectivity index (χ0n) is 43.9. The van der Waals surface area contributed by atoms with Gasteiger partial charge in [0.15, 0.2) is 0 Å². The number of H-pyrrole nitrogens is 2. The lowest BCUT2D eigenvalue weighted by Crippen LogP contribution is -1.95. The monoisotopic (exact) mass is 1130 g/mol. The second-order valence-corrected chi connectivity index (χ2v) is 21.7. The quantitative estimate of drug-likeness (QED) is 0.168. The highest BCUT2D eigenvalue weighted by atomic mass is 79.9. The number of aromatic amines is 2. The van der Waals surface area contributed by atoms with Crippen LogP contribution < -0.4 is 0 Å². The van der Waals surface area contributed by atoms with Gasteiger partial charge in [0.05, 0.1) is 39.7 Å². The van der Waals surface area contributed by atoms with Gasteiger partial charge in [0.1, 0.15) is 0 Å². The fraction of sp³-hybridized carbons (Fsp3) is 0.0857. The van der Waals surface area contributed by atoms with E-state index in [4.69, 9.17) is 9.97 Å². The molecule has 10 aromatic rings. The van der Waals surface area contributed by atoms with E-state index < -0.39 is 0 Å². The summed E-state index contributed by atoms with van der Waals surface area (Å²) in [5.74, 6) is 13.5. The summed E-state index contributed by atoms with van der Waals surface area (Å²) < 4.78 is 1.88. The Labute approximate surface area is 471 Å². The van der Waals surface area contributed by atoms with Crippen molar-refractivity contribution < 1.29 is 0 Å². The Morgan fingerprint density at radius 2 is 0.782 bits per heavy atom. The Bertz CT molecular complexity index is 4320. The average molecular weight is 1140 g/mol. The minimum Gasteiger partial charge on any atom is -0.354 e. The molecular formula is C70H50Br2N6. The number of nitrogens with zero attached hydrogens (tertiary/aromatic N) is 4. The van der Waals surface area contributed by atoms with Gasteiger partial charge < -0.3 is 9.97 Å². The number of pyridine rings is 2. The molecule has 2 N–H and O–H groups in total. The van der Waals surface area contributed by atoms with Gasteiger partial charge in [-0.3, -0.25) is 9.97 Å². The summed E-state index contributed by atoms with van der Waals surface area (Å²) >= 11 is 7.35. The zero-order chi connectivity index (χ0) is 53.6. The van der Waals surface area contributed by atoms with Crippen LogP contribution in [-0.2, 0) is 0 Å². The predicted octanol–water partition coefficient (Wildman–Crippen LogP) is 18.0. The molecule has 374 valence electrons. The van der Waals surface area contributed by atoms with Crippen molar-refractivity contribution in [2.24, 2.45) is 0 Å². The number of nitrogens with one attached hydrogen (secondary N) is 2. The van der Waals surface area contributed by atoms with Crippen LogP contribution in [-0.4, -0.2) is 29.9 Å². The summed E-state index contributed by atoms with van der Waals surface area (Å²) in [7, 11) is 0. The summed E-state index contributed by atoms with van der Waals surface area (Å²) in [4.78, 5) is 28.2. The topological polar surface area (TPSA) is 83.1 Å². The molecule has 78 heavy (non-hydrogen) atoms. The Morgan fingerprint density at radius 1 is 0.372 bits per heavy atom. The van der Waals surface area contributed by atoms with Crippen molar-refractivity contribution >= 4 is 78.2 Å². The standard InChI is InChI=1S/C70H50Br2N6/c1-41-36-43(3)65(44(4)37-41)69-61-31-27-57(75-61)67(50-21-15-47(16-22-50)13-14-49-20-26-56(74-40-49)55-12-7-8-35-73-55)58-28-32-62(76-58)70(66-45(5)38-42(2)39-46(66)6)64-34-30-60(78-64)68(59-29-33-63(69)77-59)51-23-17-48(18-24-51)19-25-52-53(71)10-9-11-54(52)72/h7-12,15-18,20-24,26-40,75,78H,1-6H3. The number of hydrogen-bond donors (Lipinski definition) is 2. The highest BCUT2D eigenvalue weighted by Crippen LogP contribution is 2.41. The number of benzene rings is 5. The number of fused-ring (bicyclic) bond motifs is 8. The third-order valence-electron chi connectivity index (χ3n) is 14.3. The van der Waals surface area contributed by atoms with Gasteiger partial charge in [0, 0.05) is 82.4 Å². The third-order valence-corrected chi connectivity index (χ3v) is 15.6. The Hall–Kier alpha value is -8.92. The van der Waals surface area contributed by atoms with Gasteiger partial charge in [-0.25, -0.2) is 9.97 Å². The molecule has 0 amide bonds. The highest BCUT2D eigenvalue weighted by Gasteiger charge is 2.22. The van der Waals surface area contributed by atoms with Crippen LogP contribution in [0.2, 0.25) is 0 Å². The third kappa shape index (κ3) is 9.78. The fourth-order valence-electron chi connectivity index (χ4n) is 11.0. The zero-order valence-corrected chi connectivity index (χ0v) is 47.0. The van der Waals surface area contributed by atoms with E-state index in [0.29, 0.717) is 0 Å². The van der Waals surface area contributed by atoms with Gasteiger partial charge in [-0.05, 0) is 227 Å². The Morgan fingerprint density at radius 3 is 1.22 bits per heavy atom. The molecule has 5 aromatic heterocycles. The molecule has 5 aromatic carbocycles. The van der Waals surface area contributed by atoms with Gasteiger partial charge >= 0.3 is 0 Å². The molecular weight excluding hydrogens is 1080 g/mol. The van der Waals surface area contributed by atoms with Gasteiger partial charge in [-0.1, -0.05) is 95.5 Å². The van der Waals surface area contributed by atoms with E-state index in [9.17, 15) is 0 Å². The van der Waals surface area contributed by atoms with Gasteiger partial charge in [-0.15, -0.1) is 0 Å². The first-order chi connectivity index (χ1) is 37.9. The van der Waals surface area contributed by atoms with E-state index in [1.54, 1.807) is 12.4 Å². The smallest absolute Gasteiger partial charge is 0.0887 e. The summed E-state index contributed by atoms with van der Waals surface area (Å²) in [6, 6.07) is 50.5. The minimum atomic E-state index is 0.809. The summed E-state index contributed by atoms with van der Waals surface area (Å²) in [6.45, 7) is 13.1. The molecule has 0 saturated heterocycles. The SMILES string of the molecule is Cc1cc(C)c(-c2c3nc(c(-c4ccc(C#Cc5c(Br)cccc5Br)cc4)c4ccc([nH]4)c(-c4c(C)cc(C)cc4C)c4nc(c(-c5ccc(C#Cc6ccc(-c7ccccn7)nc6)cc5)c5ccc2[nH]5)C=C4)C=C3)c(C)c1. The minimum absolute atomic E-state index is 0.809. The van der Waals surface area contributed by atoms with Gasteiger partial charge in [-0.2, -0.15) is 0 Å². The van der Waals surface area contributed by atoms with Gasteiger partial charge in [0.2, 0.25) is 0 Å². The van der Waals surface area contributed by atoms with Crippen LogP contribution in [0.1, 0.15) is 78.4 Å². The van der Waals surface area contributed by atoms with E-state index in [1.165, 1.54) is 33.4 Å². The van der Waals surface area contributed by atoms with Crippen LogP contribution in [0.5, 0.6) is 0 Å². The lowest BCUT2D eigenvalue weighted by atomic mass is 9.92. The summed E-state index contributed by atoms with van der Waals surface area (Å²) in [6.07, 6.45) is 12.2. The molecule has 2 aliphatic heterocycles. The number of halogens is 2. The molecule has 12 rings (SSSR count). The van der Waals surface area contributed by atoms with Crippen LogP contribution in [0.3, 0.4) is 0 Å². The van der Waals surface area contributed by atoms with Crippen molar-refractivity contribution in [3.05, 3.63) is 245 Å². The molecule has 0 radical (unpaired) electrons. The molecule has 0 saturated carbocycles. The van der Waals surface area contributed by atoms with Crippen molar-refractivity contribution in [2.75, 3.05) is 0 Å². The second-order valence-electron chi connectivity index (χ2n) is 19.9. The molecule has 0 aliphatic carbocycles. The van der Waals surface area contributed by atoms with Crippen LogP contribution in [0.4, 0.5) is 0 Å². The molecule has 8 heteroatoms. The fourth-order valence-corrected chi connectivity index (χ4v) is 12.2. The number of aromatic nitrogens is 6. The lowest BCUT2D eigenvalue weighted by molar-refractivity contribution is 1.24. The molecule has 2 aliphatic rings. The number of rotatable bonds is 5. The van der Waals surface area contributed by atoms with Crippen molar-refractivity contribution in [2.45, 2.75) is 41.5 Å². The van der Waals surface area contributed by atoms with Crippen molar-refractivity contribution in [1.29, 1.82) is 0 Å². The number of hydrogen-bond acceptors (Lipinski definition) is 4. The van der Waals surface area contributed by atoms with E-state index in [-0.39, 0.29) is 0 Å². The maximum absolute atomic E-state index is 5.62. The first kappa shape index (κ1) is 49.9. The van der Waals surface area contributed by atoms with E-state index >= 15 is 0 Å². The normalized spacial score (nSPS) is 11.5. The molecule has 7 heterocycles. The lowest BCUT2D eigenvalue weighted by Gasteiger charge is -2.13. The van der Waals surface area contributed by atoms with Crippen LogP contribution in [0.15, 0.2) is 167 Å². The first-order valence-electron chi connectivity index (χ1n) is 25.8.